The lowest BCUT2D eigenvalue weighted by Gasteiger charge is -2.29. The second kappa shape index (κ2) is 5.26. The molecule has 1 aromatic carbocycles. The van der Waals surface area contributed by atoms with Crippen LogP contribution in [0.1, 0.15) is 12.8 Å². The molecule has 0 aliphatic carbocycles. The number of piperidine rings is 1. The number of carboxylic acids is 1. The number of hydrogen-bond acceptors (Lipinski definition) is 3. The van der Waals surface area contributed by atoms with Gasteiger partial charge in [0, 0.05) is 13.1 Å². The van der Waals surface area contributed by atoms with E-state index in [2.05, 4.69) is 0 Å². The maximum atomic E-state index is 13.1. The number of benzene rings is 1. The molecule has 5 nitrogen and oxygen atoms in total. The predicted octanol–water partition coefficient (Wildman–Crippen LogP) is 1.31. The molecular formula is C12H14FNO4S. The van der Waals surface area contributed by atoms with Gasteiger partial charge < -0.3 is 5.11 Å². The molecule has 0 aromatic heterocycles. The highest BCUT2D eigenvalue weighted by Gasteiger charge is 2.33. The predicted molar refractivity (Wildman–Crippen MR) is 65.5 cm³/mol. The molecule has 0 amide bonds. The Bertz CT molecular complexity index is 587. The van der Waals surface area contributed by atoms with Gasteiger partial charge in [0.2, 0.25) is 10.0 Å². The minimum atomic E-state index is -3.82. The van der Waals surface area contributed by atoms with Crippen molar-refractivity contribution in [3.8, 4) is 0 Å². The van der Waals surface area contributed by atoms with Gasteiger partial charge in [-0.3, -0.25) is 4.79 Å². The number of carbonyl (C=O) groups is 1. The highest BCUT2D eigenvalue weighted by molar-refractivity contribution is 7.89. The number of sulfonamides is 1. The van der Waals surface area contributed by atoms with Crippen LogP contribution in [-0.2, 0) is 14.8 Å². The lowest BCUT2D eigenvalue weighted by Crippen LogP contribution is -2.42. The molecule has 7 heteroatoms. The Morgan fingerprint density at radius 2 is 2.16 bits per heavy atom. The molecule has 1 aromatic rings. The van der Waals surface area contributed by atoms with E-state index in [0.717, 1.165) is 16.4 Å². The molecule has 1 saturated heterocycles. The molecule has 0 unspecified atom stereocenters. The van der Waals surface area contributed by atoms with Gasteiger partial charge in [-0.25, -0.2) is 12.8 Å². The fourth-order valence-corrected chi connectivity index (χ4v) is 3.69. The fourth-order valence-electron chi connectivity index (χ4n) is 2.14. The summed E-state index contributed by atoms with van der Waals surface area (Å²) in [6, 6.07) is 4.73. The zero-order valence-corrected chi connectivity index (χ0v) is 10.9. The Hall–Kier alpha value is -1.47. The van der Waals surface area contributed by atoms with Crippen molar-refractivity contribution >= 4 is 16.0 Å². The smallest absolute Gasteiger partial charge is 0.307 e. The van der Waals surface area contributed by atoms with Crippen LogP contribution in [0.15, 0.2) is 29.2 Å². The van der Waals surface area contributed by atoms with Crippen LogP contribution in [0.3, 0.4) is 0 Å². The van der Waals surface area contributed by atoms with Crippen molar-refractivity contribution in [3.63, 3.8) is 0 Å². The van der Waals surface area contributed by atoms with Crippen molar-refractivity contribution in [2.45, 2.75) is 17.7 Å². The molecule has 1 atom stereocenters. The van der Waals surface area contributed by atoms with Crippen LogP contribution in [0.2, 0.25) is 0 Å². The summed E-state index contributed by atoms with van der Waals surface area (Å²) in [5.41, 5.74) is 0. The minimum absolute atomic E-state index is 0.0613. The average molecular weight is 287 g/mol. The molecule has 19 heavy (non-hydrogen) atoms. The topological polar surface area (TPSA) is 74.7 Å². The maximum absolute atomic E-state index is 13.1. The highest BCUT2D eigenvalue weighted by atomic mass is 32.2. The normalized spacial score (nSPS) is 21.2. The Kier molecular flexibility index (Phi) is 3.86. The van der Waals surface area contributed by atoms with Gasteiger partial charge in [-0.1, -0.05) is 6.07 Å². The van der Waals surface area contributed by atoms with Crippen molar-refractivity contribution in [3.05, 3.63) is 30.1 Å². The van der Waals surface area contributed by atoms with Crippen LogP contribution in [-0.4, -0.2) is 36.9 Å². The van der Waals surface area contributed by atoms with Crippen molar-refractivity contribution in [1.82, 2.24) is 4.31 Å². The fraction of sp³-hybridized carbons (Fsp3) is 0.417. The molecule has 1 aliphatic rings. The summed E-state index contributed by atoms with van der Waals surface area (Å²) in [7, 11) is -3.82. The summed E-state index contributed by atoms with van der Waals surface area (Å²) < 4.78 is 38.8. The van der Waals surface area contributed by atoms with Crippen LogP contribution in [0.5, 0.6) is 0 Å². The second-order valence-electron chi connectivity index (χ2n) is 4.50. The standard InChI is InChI=1S/C12H14FNO4S/c13-10-4-1-5-11(7-10)19(17,18)14-6-2-3-9(8-14)12(15)16/h1,4-5,7,9H,2-3,6,8H2,(H,15,16)/t9-/m0/s1. The van der Waals surface area contributed by atoms with Gasteiger partial charge in [0.25, 0.3) is 0 Å². The summed E-state index contributed by atoms with van der Waals surface area (Å²) in [6.45, 7) is 0.205. The first kappa shape index (κ1) is 14.0. The third kappa shape index (κ3) is 2.93. The van der Waals surface area contributed by atoms with E-state index in [1.807, 2.05) is 0 Å². The third-order valence-electron chi connectivity index (χ3n) is 3.17. The van der Waals surface area contributed by atoms with Crippen molar-refractivity contribution in [2.24, 2.45) is 5.92 Å². The number of aliphatic carboxylic acids is 1. The zero-order chi connectivity index (χ0) is 14.0. The summed E-state index contributed by atoms with van der Waals surface area (Å²) in [5.74, 6) is -2.33. The molecule has 0 spiro atoms. The maximum Gasteiger partial charge on any atom is 0.307 e. The highest BCUT2D eigenvalue weighted by Crippen LogP contribution is 2.24. The van der Waals surface area contributed by atoms with E-state index in [0.29, 0.717) is 12.8 Å². The van der Waals surface area contributed by atoms with Gasteiger partial charge in [-0.15, -0.1) is 0 Å². The molecule has 0 bridgehead atoms. The number of halogens is 1. The molecule has 1 fully saturated rings. The zero-order valence-electron chi connectivity index (χ0n) is 10.1. The van der Waals surface area contributed by atoms with Crippen molar-refractivity contribution in [1.29, 1.82) is 0 Å². The summed E-state index contributed by atoms with van der Waals surface area (Å²) in [6.07, 6.45) is 0.954. The average Bonchev–Trinajstić information content (AvgIpc) is 2.39. The number of carboxylic acid groups (broad SMARTS) is 1. The SMILES string of the molecule is O=C(O)[C@H]1CCCN(S(=O)(=O)c2cccc(F)c2)C1. The molecule has 1 N–H and O–H groups in total. The van der Waals surface area contributed by atoms with Gasteiger partial charge in [0.05, 0.1) is 10.8 Å². The monoisotopic (exact) mass is 287 g/mol. The van der Waals surface area contributed by atoms with Gasteiger partial charge in [-0.05, 0) is 31.0 Å². The van der Waals surface area contributed by atoms with E-state index >= 15 is 0 Å². The Morgan fingerprint density at radius 1 is 1.42 bits per heavy atom. The molecule has 0 radical (unpaired) electrons. The van der Waals surface area contributed by atoms with Crippen molar-refractivity contribution in [2.75, 3.05) is 13.1 Å². The molecule has 1 aliphatic heterocycles. The van der Waals surface area contributed by atoms with E-state index in [-0.39, 0.29) is 18.0 Å². The molecule has 0 saturated carbocycles. The van der Waals surface area contributed by atoms with Gasteiger partial charge in [0.15, 0.2) is 0 Å². The van der Waals surface area contributed by atoms with Gasteiger partial charge >= 0.3 is 5.97 Å². The Labute approximate surface area is 110 Å². The molecule has 104 valence electrons. The van der Waals surface area contributed by atoms with E-state index in [4.69, 9.17) is 5.11 Å². The molecular weight excluding hydrogens is 273 g/mol. The summed E-state index contributed by atoms with van der Waals surface area (Å²) in [5, 5.41) is 8.95. The largest absolute Gasteiger partial charge is 0.481 e. The van der Waals surface area contributed by atoms with Crippen LogP contribution in [0.4, 0.5) is 4.39 Å². The quantitative estimate of drug-likeness (QED) is 0.909. The summed E-state index contributed by atoms with van der Waals surface area (Å²) >= 11 is 0. The minimum Gasteiger partial charge on any atom is -0.481 e. The van der Waals surface area contributed by atoms with Crippen LogP contribution in [0, 0.1) is 11.7 Å². The van der Waals surface area contributed by atoms with Gasteiger partial charge in [-0.2, -0.15) is 4.31 Å². The van der Waals surface area contributed by atoms with Gasteiger partial charge in [0.1, 0.15) is 5.82 Å². The lowest BCUT2D eigenvalue weighted by molar-refractivity contribution is -0.142. The van der Waals surface area contributed by atoms with E-state index in [9.17, 15) is 17.6 Å². The van der Waals surface area contributed by atoms with Crippen LogP contribution in [0.25, 0.3) is 0 Å². The van der Waals surface area contributed by atoms with E-state index in [1.54, 1.807) is 0 Å². The first-order chi connectivity index (χ1) is 8.91. The van der Waals surface area contributed by atoms with E-state index < -0.39 is 27.7 Å². The summed E-state index contributed by atoms with van der Waals surface area (Å²) in [4.78, 5) is 10.8. The number of nitrogens with zero attached hydrogens (tertiary/aromatic N) is 1. The number of hydrogen-bond donors (Lipinski definition) is 1. The first-order valence-corrected chi connectivity index (χ1v) is 7.34. The second-order valence-corrected chi connectivity index (χ2v) is 6.44. The Balaban J connectivity index is 2.27. The van der Waals surface area contributed by atoms with Crippen LogP contribution >= 0.6 is 0 Å². The molecule has 2 rings (SSSR count). The molecule has 1 heterocycles. The number of rotatable bonds is 3. The van der Waals surface area contributed by atoms with Crippen LogP contribution < -0.4 is 0 Å². The van der Waals surface area contributed by atoms with Crippen molar-refractivity contribution < 1.29 is 22.7 Å². The third-order valence-corrected chi connectivity index (χ3v) is 5.03. The first-order valence-electron chi connectivity index (χ1n) is 5.90. The lowest BCUT2D eigenvalue weighted by atomic mass is 10.0. The van der Waals surface area contributed by atoms with E-state index in [1.165, 1.54) is 12.1 Å². The Morgan fingerprint density at radius 3 is 2.79 bits per heavy atom.